The molecular formula is C21H32N2O4. The lowest BCUT2D eigenvalue weighted by molar-refractivity contribution is -0.135. The minimum Gasteiger partial charge on any atom is -0.493 e. The monoisotopic (exact) mass is 376 g/mol. The molecule has 0 aliphatic carbocycles. The average molecular weight is 376 g/mol. The minimum absolute atomic E-state index is 0.0387. The standard InChI is InChI=1S/C21H32N2O4/c1-4-5-12-22-21(25)17-10-13-23(14-11-17)20(24)9-7-16-6-8-18(26-2)19(15-16)27-3/h6,8,15,17H,4-5,7,9-14H2,1-3H3,(H,22,25). The van der Waals surface area contributed by atoms with Crippen molar-refractivity contribution >= 4 is 11.8 Å². The molecule has 1 aliphatic heterocycles. The highest BCUT2D eigenvalue weighted by atomic mass is 16.5. The predicted octanol–water partition coefficient (Wildman–Crippen LogP) is 2.79. The summed E-state index contributed by atoms with van der Waals surface area (Å²) in [4.78, 5) is 26.5. The van der Waals surface area contributed by atoms with E-state index in [1.807, 2.05) is 23.1 Å². The Labute approximate surface area is 162 Å². The van der Waals surface area contributed by atoms with Crippen LogP contribution in [-0.4, -0.2) is 50.6 Å². The van der Waals surface area contributed by atoms with Gasteiger partial charge in [0.15, 0.2) is 11.5 Å². The van der Waals surface area contributed by atoms with E-state index in [-0.39, 0.29) is 17.7 Å². The maximum absolute atomic E-state index is 12.5. The molecule has 6 heteroatoms. The van der Waals surface area contributed by atoms with Crippen molar-refractivity contribution in [2.24, 2.45) is 5.92 Å². The van der Waals surface area contributed by atoms with Crippen molar-refractivity contribution in [1.82, 2.24) is 10.2 Å². The normalized spacial score (nSPS) is 14.7. The molecule has 0 spiro atoms. The fraction of sp³-hybridized carbons (Fsp3) is 0.619. The molecule has 0 saturated carbocycles. The summed E-state index contributed by atoms with van der Waals surface area (Å²) in [7, 11) is 3.21. The van der Waals surface area contributed by atoms with Crippen LogP contribution >= 0.6 is 0 Å². The zero-order valence-electron chi connectivity index (χ0n) is 16.8. The van der Waals surface area contributed by atoms with Gasteiger partial charge < -0.3 is 19.7 Å². The Kier molecular flexibility index (Phi) is 8.43. The van der Waals surface area contributed by atoms with Crippen LogP contribution in [0.2, 0.25) is 0 Å². The molecule has 0 bridgehead atoms. The van der Waals surface area contributed by atoms with Gasteiger partial charge in [-0.05, 0) is 43.4 Å². The van der Waals surface area contributed by atoms with Crippen LogP contribution in [0.4, 0.5) is 0 Å². The molecule has 1 aromatic carbocycles. The van der Waals surface area contributed by atoms with Crippen molar-refractivity contribution in [3.63, 3.8) is 0 Å². The third-order valence-electron chi connectivity index (χ3n) is 5.12. The van der Waals surface area contributed by atoms with Crippen LogP contribution in [0.1, 0.15) is 44.6 Å². The summed E-state index contributed by atoms with van der Waals surface area (Å²) in [6.07, 6.45) is 4.71. The van der Waals surface area contributed by atoms with E-state index in [0.717, 1.165) is 37.8 Å². The van der Waals surface area contributed by atoms with E-state index in [2.05, 4.69) is 12.2 Å². The molecule has 2 amide bonds. The Morgan fingerprint density at radius 1 is 1.15 bits per heavy atom. The molecule has 1 heterocycles. The number of hydrogen-bond acceptors (Lipinski definition) is 4. The van der Waals surface area contributed by atoms with Crippen molar-refractivity contribution < 1.29 is 19.1 Å². The van der Waals surface area contributed by atoms with Gasteiger partial charge in [0, 0.05) is 32.0 Å². The number of ether oxygens (including phenoxy) is 2. The highest BCUT2D eigenvalue weighted by Gasteiger charge is 2.26. The predicted molar refractivity (Wildman–Crippen MR) is 105 cm³/mol. The molecule has 1 N–H and O–H groups in total. The van der Waals surface area contributed by atoms with Gasteiger partial charge >= 0.3 is 0 Å². The van der Waals surface area contributed by atoms with E-state index in [1.54, 1.807) is 14.2 Å². The number of nitrogens with zero attached hydrogens (tertiary/aromatic N) is 1. The number of unbranched alkanes of at least 4 members (excludes halogenated alkanes) is 1. The largest absolute Gasteiger partial charge is 0.493 e. The molecule has 1 aliphatic rings. The number of carbonyl (C=O) groups excluding carboxylic acids is 2. The van der Waals surface area contributed by atoms with Gasteiger partial charge in [-0.15, -0.1) is 0 Å². The van der Waals surface area contributed by atoms with E-state index < -0.39 is 0 Å². The number of amides is 2. The first-order valence-electron chi connectivity index (χ1n) is 9.85. The van der Waals surface area contributed by atoms with Crippen LogP contribution in [0.5, 0.6) is 11.5 Å². The molecule has 1 fully saturated rings. The molecule has 1 aromatic rings. The molecule has 6 nitrogen and oxygen atoms in total. The zero-order chi connectivity index (χ0) is 19.6. The number of aryl methyl sites for hydroxylation is 1. The van der Waals surface area contributed by atoms with Gasteiger partial charge in [-0.1, -0.05) is 19.4 Å². The third-order valence-corrected chi connectivity index (χ3v) is 5.12. The fourth-order valence-electron chi connectivity index (χ4n) is 3.37. The summed E-state index contributed by atoms with van der Waals surface area (Å²) in [5.41, 5.74) is 1.05. The van der Waals surface area contributed by atoms with Gasteiger partial charge in [-0.2, -0.15) is 0 Å². The number of benzene rings is 1. The van der Waals surface area contributed by atoms with Crippen LogP contribution in [-0.2, 0) is 16.0 Å². The Bertz CT molecular complexity index is 625. The number of rotatable bonds is 9. The molecule has 27 heavy (non-hydrogen) atoms. The van der Waals surface area contributed by atoms with E-state index in [4.69, 9.17) is 9.47 Å². The molecule has 0 unspecified atom stereocenters. The SMILES string of the molecule is CCCCNC(=O)C1CCN(C(=O)CCc2ccc(OC)c(OC)c2)CC1. The van der Waals surface area contributed by atoms with Gasteiger partial charge in [0.1, 0.15) is 0 Å². The maximum Gasteiger partial charge on any atom is 0.223 e. The lowest BCUT2D eigenvalue weighted by Gasteiger charge is -2.31. The first-order chi connectivity index (χ1) is 13.1. The molecule has 150 valence electrons. The second-order valence-electron chi connectivity index (χ2n) is 6.99. The number of nitrogens with one attached hydrogen (secondary N) is 1. The van der Waals surface area contributed by atoms with E-state index in [9.17, 15) is 9.59 Å². The molecular weight excluding hydrogens is 344 g/mol. The average Bonchev–Trinajstić information content (AvgIpc) is 2.71. The molecule has 2 rings (SSSR count). The molecule has 0 atom stereocenters. The van der Waals surface area contributed by atoms with Gasteiger partial charge in [-0.3, -0.25) is 9.59 Å². The topological polar surface area (TPSA) is 67.9 Å². The summed E-state index contributed by atoms with van der Waals surface area (Å²) in [6, 6.07) is 5.74. The van der Waals surface area contributed by atoms with Gasteiger partial charge in [-0.25, -0.2) is 0 Å². The summed E-state index contributed by atoms with van der Waals surface area (Å²) < 4.78 is 10.6. The maximum atomic E-state index is 12.5. The lowest BCUT2D eigenvalue weighted by atomic mass is 9.95. The van der Waals surface area contributed by atoms with Gasteiger partial charge in [0.2, 0.25) is 11.8 Å². The van der Waals surface area contributed by atoms with Crippen molar-refractivity contribution in [2.75, 3.05) is 33.9 Å². The number of hydrogen-bond donors (Lipinski definition) is 1. The minimum atomic E-state index is 0.0387. The summed E-state index contributed by atoms with van der Waals surface area (Å²) in [6.45, 7) is 4.19. The number of piperidine rings is 1. The van der Waals surface area contributed by atoms with Crippen molar-refractivity contribution in [3.8, 4) is 11.5 Å². The van der Waals surface area contributed by atoms with Crippen LogP contribution in [0.3, 0.4) is 0 Å². The summed E-state index contributed by atoms with van der Waals surface area (Å²) >= 11 is 0. The fourth-order valence-corrected chi connectivity index (χ4v) is 3.37. The smallest absolute Gasteiger partial charge is 0.223 e. The van der Waals surface area contributed by atoms with Gasteiger partial charge in [0.05, 0.1) is 14.2 Å². The van der Waals surface area contributed by atoms with Crippen LogP contribution in [0.15, 0.2) is 18.2 Å². The zero-order valence-corrected chi connectivity index (χ0v) is 16.8. The Morgan fingerprint density at radius 3 is 2.48 bits per heavy atom. The van der Waals surface area contributed by atoms with E-state index in [0.29, 0.717) is 37.4 Å². The quantitative estimate of drug-likeness (QED) is 0.673. The van der Waals surface area contributed by atoms with Crippen LogP contribution in [0.25, 0.3) is 0 Å². The third kappa shape index (κ3) is 6.15. The van der Waals surface area contributed by atoms with Crippen molar-refractivity contribution in [3.05, 3.63) is 23.8 Å². The van der Waals surface area contributed by atoms with E-state index >= 15 is 0 Å². The number of methoxy groups -OCH3 is 2. The lowest BCUT2D eigenvalue weighted by Crippen LogP contribution is -2.43. The second-order valence-corrected chi connectivity index (χ2v) is 6.99. The molecule has 1 saturated heterocycles. The Hall–Kier alpha value is -2.24. The van der Waals surface area contributed by atoms with Gasteiger partial charge in [0.25, 0.3) is 0 Å². The second kappa shape index (κ2) is 10.8. The molecule has 0 radical (unpaired) electrons. The Morgan fingerprint density at radius 2 is 1.85 bits per heavy atom. The van der Waals surface area contributed by atoms with E-state index in [1.165, 1.54) is 0 Å². The highest BCUT2D eigenvalue weighted by molar-refractivity contribution is 5.80. The number of likely N-dealkylation sites (tertiary alicyclic amines) is 1. The van der Waals surface area contributed by atoms with Crippen molar-refractivity contribution in [2.45, 2.75) is 45.4 Å². The Balaban J connectivity index is 1.77. The summed E-state index contributed by atoms with van der Waals surface area (Å²) in [5, 5.41) is 3.00. The highest BCUT2D eigenvalue weighted by Crippen LogP contribution is 2.28. The first-order valence-corrected chi connectivity index (χ1v) is 9.85. The van der Waals surface area contributed by atoms with Crippen molar-refractivity contribution in [1.29, 1.82) is 0 Å². The van der Waals surface area contributed by atoms with Crippen LogP contribution < -0.4 is 14.8 Å². The van der Waals surface area contributed by atoms with Crippen LogP contribution in [0, 0.1) is 5.92 Å². The number of carbonyl (C=O) groups is 2. The first kappa shape index (κ1) is 21.1. The molecule has 0 aromatic heterocycles. The summed E-state index contributed by atoms with van der Waals surface area (Å²) in [5.74, 6) is 1.69.